The molecule has 0 spiro atoms. The molecule has 1 aliphatic heterocycles. The fourth-order valence-electron chi connectivity index (χ4n) is 3.52. The number of ether oxygens (including phenoxy) is 1. The summed E-state index contributed by atoms with van der Waals surface area (Å²) < 4.78 is 5.54. The lowest BCUT2D eigenvalue weighted by molar-refractivity contribution is -0.123. The molecule has 1 amide bonds. The summed E-state index contributed by atoms with van der Waals surface area (Å²) in [5.74, 6) is 0.577. The molecular formula is C22H27ClN2O2. The van der Waals surface area contributed by atoms with Crippen molar-refractivity contribution in [3.8, 4) is 5.75 Å². The van der Waals surface area contributed by atoms with E-state index in [0.717, 1.165) is 23.7 Å². The summed E-state index contributed by atoms with van der Waals surface area (Å²) in [6.45, 7) is 2.61. The molecule has 1 atom stereocenters. The highest BCUT2D eigenvalue weighted by Crippen LogP contribution is 2.29. The molecular weight excluding hydrogens is 360 g/mol. The van der Waals surface area contributed by atoms with Crippen molar-refractivity contribution in [3.63, 3.8) is 0 Å². The van der Waals surface area contributed by atoms with Crippen LogP contribution in [0, 0.1) is 0 Å². The maximum Gasteiger partial charge on any atom is 0.258 e. The van der Waals surface area contributed by atoms with Gasteiger partial charge in [-0.15, -0.1) is 0 Å². The number of nitrogens with zero attached hydrogens (tertiary/aromatic N) is 1. The number of hydrogen-bond acceptors (Lipinski definition) is 3. The lowest BCUT2D eigenvalue weighted by Crippen LogP contribution is -2.40. The van der Waals surface area contributed by atoms with Crippen LogP contribution in [0.3, 0.4) is 0 Å². The second-order valence-corrected chi connectivity index (χ2v) is 7.30. The van der Waals surface area contributed by atoms with E-state index in [1.54, 1.807) is 0 Å². The maximum absolute atomic E-state index is 12.3. The summed E-state index contributed by atoms with van der Waals surface area (Å²) in [6.07, 6.45) is 4.91. The molecule has 0 unspecified atom stereocenters. The lowest BCUT2D eigenvalue weighted by Gasteiger charge is -2.31. The molecule has 2 aromatic rings. The molecule has 144 valence electrons. The number of carbonyl (C=O) groups excluding carboxylic acids is 1. The van der Waals surface area contributed by atoms with E-state index in [4.69, 9.17) is 16.3 Å². The van der Waals surface area contributed by atoms with Crippen molar-refractivity contribution >= 4 is 17.5 Å². The molecule has 0 bridgehead atoms. The van der Waals surface area contributed by atoms with Crippen molar-refractivity contribution in [1.29, 1.82) is 0 Å². The van der Waals surface area contributed by atoms with Crippen molar-refractivity contribution in [1.82, 2.24) is 10.2 Å². The van der Waals surface area contributed by atoms with Gasteiger partial charge in [0, 0.05) is 11.6 Å². The van der Waals surface area contributed by atoms with Gasteiger partial charge in [-0.1, -0.05) is 60.8 Å². The zero-order chi connectivity index (χ0) is 18.9. The monoisotopic (exact) mass is 386 g/mol. The van der Waals surface area contributed by atoms with Gasteiger partial charge in [-0.3, -0.25) is 9.69 Å². The van der Waals surface area contributed by atoms with Crippen LogP contribution in [0.25, 0.3) is 0 Å². The highest BCUT2D eigenvalue weighted by atomic mass is 35.5. The third kappa shape index (κ3) is 5.98. The number of carbonyl (C=O) groups is 1. The molecule has 4 nitrogen and oxygen atoms in total. The van der Waals surface area contributed by atoms with Gasteiger partial charge in [-0.25, -0.2) is 0 Å². The highest BCUT2D eigenvalue weighted by Gasteiger charge is 2.23. The van der Waals surface area contributed by atoms with Crippen molar-refractivity contribution < 1.29 is 9.53 Å². The number of benzene rings is 2. The lowest BCUT2D eigenvalue weighted by atomic mass is 10.0. The fourth-order valence-corrected chi connectivity index (χ4v) is 3.78. The Morgan fingerprint density at radius 1 is 1.00 bits per heavy atom. The largest absolute Gasteiger partial charge is 0.484 e. The second kappa shape index (κ2) is 10.3. The van der Waals surface area contributed by atoms with E-state index in [9.17, 15) is 4.79 Å². The second-order valence-electron chi connectivity index (χ2n) is 6.89. The van der Waals surface area contributed by atoms with Crippen LogP contribution < -0.4 is 10.1 Å². The third-order valence-electron chi connectivity index (χ3n) is 4.95. The van der Waals surface area contributed by atoms with E-state index in [-0.39, 0.29) is 18.6 Å². The van der Waals surface area contributed by atoms with Gasteiger partial charge in [0.25, 0.3) is 5.91 Å². The molecule has 1 fully saturated rings. The zero-order valence-electron chi connectivity index (χ0n) is 15.6. The topological polar surface area (TPSA) is 41.6 Å². The van der Waals surface area contributed by atoms with E-state index in [1.807, 2.05) is 48.5 Å². The average molecular weight is 387 g/mol. The molecule has 27 heavy (non-hydrogen) atoms. The van der Waals surface area contributed by atoms with Gasteiger partial charge in [0.05, 0.1) is 6.04 Å². The summed E-state index contributed by atoms with van der Waals surface area (Å²) in [5, 5.41) is 3.78. The number of hydrogen-bond donors (Lipinski definition) is 1. The minimum absolute atomic E-state index is 0.0131. The standard InChI is InChI=1S/C22H27ClN2O2/c23-20-13-7-6-12-19(20)21(25-14-8-1-2-9-15-25)16-24-22(26)17-27-18-10-4-3-5-11-18/h3-7,10-13,21H,1-2,8-9,14-17H2,(H,24,26)/t21-/m0/s1. The van der Waals surface area contributed by atoms with Crippen LogP contribution in [0.15, 0.2) is 54.6 Å². The smallest absolute Gasteiger partial charge is 0.258 e. The van der Waals surface area contributed by atoms with Crippen LogP contribution in [0.4, 0.5) is 0 Å². The fraction of sp³-hybridized carbons (Fsp3) is 0.409. The summed E-state index contributed by atoms with van der Waals surface area (Å²) in [5.41, 5.74) is 1.07. The average Bonchev–Trinajstić information content (AvgIpc) is 2.98. The van der Waals surface area contributed by atoms with Gasteiger partial charge in [-0.05, 0) is 49.7 Å². The summed E-state index contributed by atoms with van der Waals surface area (Å²) in [7, 11) is 0. The maximum atomic E-state index is 12.3. The molecule has 0 radical (unpaired) electrons. The number of rotatable bonds is 7. The van der Waals surface area contributed by atoms with Crippen molar-refractivity contribution in [3.05, 3.63) is 65.2 Å². The molecule has 3 rings (SSSR count). The zero-order valence-corrected chi connectivity index (χ0v) is 16.3. The molecule has 5 heteroatoms. The first-order valence-electron chi connectivity index (χ1n) is 9.67. The summed E-state index contributed by atoms with van der Waals surface area (Å²) >= 11 is 6.47. The van der Waals surface area contributed by atoms with E-state index >= 15 is 0 Å². The highest BCUT2D eigenvalue weighted by molar-refractivity contribution is 6.31. The van der Waals surface area contributed by atoms with Gasteiger partial charge in [0.2, 0.25) is 0 Å². The van der Waals surface area contributed by atoms with Gasteiger partial charge in [0.15, 0.2) is 6.61 Å². The number of amides is 1. The van der Waals surface area contributed by atoms with E-state index in [1.165, 1.54) is 25.7 Å². The summed E-state index contributed by atoms with van der Waals surface area (Å²) in [6, 6.07) is 17.4. The number of likely N-dealkylation sites (tertiary alicyclic amines) is 1. The van der Waals surface area contributed by atoms with Gasteiger partial charge >= 0.3 is 0 Å². The Morgan fingerprint density at radius 2 is 1.67 bits per heavy atom. The van der Waals surface area contributed by atoms with Crippen LogP contribution >= 0.6 is 11.6 Å². The van der Waals surface area contributed by atoms with Crippen LogP contribution in [-0.2, 0) is 4.79 Å². The Hall–Kier alpha value is -2.04. The number of nitrogens with one attached hydrogen (secondary N) is 1. The van der Waals surface area contributed by atoms with Crippen molar-refractivity contribution in [2.24, 2.45) is 0 Å². The number of para-hydroxylation sites is 1. The quantitative estimate of drug-likeness (QED) is 0.764. The first-order valence-corrected chi connectivity index (χ1v) is 10.0. The molecule has 2 aromatic carbocycles. The Balaban J connectivity index is 1.62. The Morgan fingerprint density at radius 3 is 2.37 bits per heavy atom. The van der Waals surface area contributed by atoms with Crippen LogP contribution in [0.5, 0.6) is 5.75 Å². The van der Waals surface area contributed by atoms with Crippen LogP contribution in [-0.4, -0.2) is 37.0 Å². The first kappa shape index (κ1) is 19.7. The predicted molar refractivity (Wildman–Crippen MR) is 109 cm³/mol. The predicted octanol–water partition coefficient (Wildman–Crippen LogP) is 4.45. The van der Waals surface area contributed by atoms with Gasteiger partial charge in [0.1, 0.15) is 5.75 Å². The number of halogens is 1. The molecule has 1 N–H and O–H groups in total. The van der Waals surface area contributed by atoms with Crippen LogP contribution in [0.2, 0.25) is 5.02 Å². The van der Waals surface area contributed by atoms with Gasteiger partial charge in [-0.2, -0.15) is 0 Å². The minimum Gasteiger partial charge on any atom is -0.484 e. The first-order chi connectivity index (χ1) is 13.2. The Labute approximate surface area is 166 Å². The molecule has 1 saturated heterocycles. The van der Waals surface area contributed by atoms with Crippen molar-refractivity contribution in [2.45, 2.75) is 31.7 Å². The Bertz CT molecular complexity index is 715. The molecule has 1 heterocycles. The van der Waals surface area contributed by atoms with E-state index in [0.29, 0.717) is 12.3 Å². The minimum atomic E-state index is -0.120. The Kier molecular flexibility index (Phi) is 7.55. The molecule has 0 aliphatic carbocycles. The molecule has 1 aliphatic rings. The van der Waals surface area contributed by atoms with Gasteiger partial charge < -0.3 is 10.1 Å². The summed E-state index contributed by atoms with van der Waals surface area (Å²) in [4.78, 5) is 14.8. The van der Waals surface area contributed by atoms with Crippen LogP contribution in [0.1, 0.15) is 37.3 Å². The molecule has 0 saturated carbocycles. The van der Waals surface area contributed by atoms with Crippen molar-refractivity contribution in [2.75, 3.05) is 26.2 Å². The van der Waals surface area contributed by atoms with E-state index < -0.39 is 0 Å². The third-order valence-corrected chi connectivity index (χ3v) is 5.30. The SMILES string of the molecule is O=C(COc1ccccc1)NC[C@@H](c1ccccc1Cl)N1CCCCCC1. The molecule has 0 aromatic heterocycles. The van der Waals surface area contributed by atoms with E-state index in [2.05, 4.69) is 16.3 Å². The normalized spacial score (nSPS) is 16.3.